The first kappa shape index (κ1) is 14.7. The number of aryl methyl sites for hydroxylation is 1. The fraction of sp³-hybridized carbons (Fsp3) is 0.118. The van der Waals surface area contributed by atoms with Gasteiger partial charge in [0.25, 0.3) is 0 Å². The van der Waals surface area contributed by atoms with Crippen molar-refractivity contribution in [3.05, 3.63) is 71.4 Å². The van der Waals surface area contributed by atoms with Crippen molar-refractivity contribution >= 4 is 28.5 Å². The van der Waals surface area contributed by atoms with Crippen molar-refractivity contribution in [1.82, 2.24) is 24.7 Å². The molecule has 0 saturated heterocycles. The number of nitrogens with zero attached hydrogens (tertiary/aromatic N) is 4. The van der Waals surface area contributed by atoms with Crippen LogP contribution in [0.2, 0.25) is 5.02 Å². The maximum Gasteiger partial charge on any atom is 0.223 e. The second-order valence-electron chi connectivity index (χ2n) is 5.53. The molecular formula is C17H15ClN6. The zero-order valence-corrected chi connectivity index (χ0v) is 13.7. The molecule has 1 aromatic carbocycles. The SMILES string of the molecule is Cn1cc(C(Nc2ncccn2)c2c[nH]c3cc(Cl)ccc23)cn1. The van der Waals surface area contributed by atoms with Crippen molar-refractivity contribution in [3.8, 4) is 0 Å². The molecule has 0 radical (unpaired) electrons. The number of hydrogen-bond donors (Lipinski definition) is 2. The summed E-state index contributed by atoms with van der Waals surface area (Å²) in [5.41, 5.74) is 3.10. The number of rotatable bonds is 4. The lowest BCUT2D eigenvalue weighted by Crippen LogP contribution is -2.13. The summed E-state index contributed by atoms with van der Waals surface area (Å²) in [5, 5.41) is 9.47. The van der Waals surface area contributed by atoms with Gasteiger partial charge in [-0.1, -0.05) is 17.7 Å². The molecule has 4 aromatic rings. The summed E-state index contributed by atoms with van der Waals surface area (Å²) in [7, 11) is 1.90. The van der Waals surface area contributed by atoms with Crippen LogP contribution < -0.4 is 5.32 Å². The fourth-order valence-corrected chi connectivity index (χ4v) is 2.96. The molecule has 1 unspecified atom stereocenters. The van der Waals surface area contributed by atoms with Gasteiger partial charge in [-0.05, 0) is 18.2 Å². The van der Waals surface area contributed by atoms with Gasteiger partial charge in [0.2, 0.25) is 5.95 Å². The van der Waals surface area contributed by atoms with E-state index in [1.165, 1.54) is 0 Å². The molecule has 0 bridgehead atoms. The Morgan fingerprint density at radius 2 is 2.08 bits per heavy atom. The van der Waals surface area contributed by atoms with Gasteiger partial charge in [-0.2, -0.15) is 5.10 Å². The van der Waals surface area contributed by atoms with Crippen molar-refractivity contribution in [3.63, 3.8) is 0 Å². The summed E-state index contributed by atoms with van der Waals surface area (Å²) >= 11 is 6.09. The maximum absolute atomic E-state index is 6.09. The number of aromatic amines is 1. The van der Waals surface area contributed by atoms with E-state index in [9.17, 15) is 0 Å². The van der Waals surface area contributed by atoms with Gasteiger partial charge in [0.1, 0.15) is 0 Å². The Balaban J connectivity index is 1.82. The van der Waals surface area contributed by atoms with E-state index < -0.39 is 0 Å². The van der Waals surface area contributed by atoms with Crippen LogP contribution in [0.5, 0.6) is 0 Å². The zero-order valence-electron chi connectivity index (χ0n) is 12.9. The maximum atomic E-state index is 6.09. The van der Waals surface area contributed by atoms with Gasteiger partial charge in [-0.3, -0.25) is 4.68 Å². The van der Waals surface area contributed by atoms with E-state index in [0.717, 1.165) is 22.0 Å². The van der Waals surface area contributed by atoms with Gasteiger partial charge >= 0.3 is 0 Å². The van der Waals surface area contributed by atoms with Crippen LogP contribution in [0.4, 0.5) is 5.95 Å². The van der Waals surface area contributed by atoms with Gasteiger partial charge in [0, 0.05) is 58.9 Å². The third kappa shape index (κ3) is 2.72. The molecule has 0 amide bonds. The highest BCUT2D eigenvalue weighted by Gasteiger charge is 2.20. The Morgan fingerprint density at radius 1 is 1.25 bits per heavy atom. The summed E-state index contributed by atoms with van der Waals surface area (Å²) in [5.74, 6) is 0.565. The Kier molecular flexibility index (Phi) is 3.66. The first-order valence-corrected chi connectivity index (χ1v) is 7.87. The Hall–Kier alpha value is -2.86. The number of benzene rings is 1. The first-order valence-electron chi connectivity index (χ1n) is 7.49. The van der Waals surface area contributed by atoms with Gasteiger partial charge in [-0.25, -0.2) is 9.97 Å². The highest BCUT2D eigenvalue weighted by molar-refractivity contribution is 6.31. The molecule has 0 aliphatic heterocycles. The first-order chi connectivity index (χ1) is 11.7. The van der Waals surface area contributed by atoms with E-state index in [4.69, 9.17) is 11.6 Å². The molecule has 24 heavy (non-hydrogen) atoms. The second-order valence-corrected chi connectivity index (χ2v) is 5.97. The standard InChI is InChI=1S/C17H15ClN6/c1-24-10-11(8-22-24)16(23-17-19-5-2-6-20-17)14-9-21-15-7-12(18)3-4-13(14)15/h2-10,16,21H,1H3,(H,19,20,23). The molecule has 3 heterocycles. The molecule has 120 valence electrons. The summed E-state index contributed by atoms with van der Waals surface area (Å²) in [6.07, 6.45) is 9.23. The number of H-pyrrole nitrogens is 1. The fourth-order valence-electron chi connectivity index (χ4n) is 2.79. The van der Waals surface area contributed by atoms with Crippen LogP contribution in [0.3, 0.4) is 0 Å². The summed E-state index contributed by atoms with van der Waals surface area (Å²) in [6.45, 7) is 0. The lowest BCUT2D eigenvalue weighted by atomic mass is 10.0. The molecule has 0 saturated carbocycles. The number of hydrogen-bond acceptors (Lipinski definition) is 4. The van der Waals surface area contributed by atoms with E-state index in [1.807, 2.05) is 43.8 Å². The monoisotopic (exact) mass is 338 g/mol. The van der Waals surface area contributed by atoms with E-state index in [0.29, 0.717) is 11.0 Å². The minimum atomic E-state index is -0.129. The Labute approximate surface area is 143 Å². The highest BCUT2D eigenvalue weighted by atomic mass is 35.5. The largest absolute Gasteiger partial charge is 0.361 e. The molecule has 1 atom stereocenters. The normalized spacial score (nSPS) is 12.4. The highest BCUT2D eigenvalue weighted by Crippen LogP contribution is 2.32. The average Bonchev–Trinajstić information content (AvgIpc) is 3.19. The van der Waals surface area contributed by atoms with Crippen LogP contribution in [0.15, 0.2) is 55.2 Å². The predicted molar refractivity (Wildman–Crippen MR) is 94.0 cm³/mol. The molecule has 3 aromatic heterocycles. The van der Waals surface area contributed by atoms with Crippen LogP contribution in [-0.4, -0.2) is 24.7 Å². The lowest BCUT2D eigenvalue weighted by Gasteiger charge is -2.17. The second kappa shape index (κ2) is 5.98. The van der Waals surface area contributed by atoms with Gasteiger partial charge in [0.15, 0.2) is 0 Å². The van der Waals surface area contributed by atoms with E-state index in [-0.39, 0.29) is 6.04 Å². The van der Waals surface area contributed by atoms with E-state index in [2.05, 4.69) is 25.4 Å². The molecule has 0 fully saturated rings. The smallest absolute Gasteiger partial charge is 0.223 e. The quantitative estimate of drug-likeness (QED) is 0.597. The minimum Gasteiger partial charge on any atom is -0.361 e. The van der Waals surface area contributed by atoms with Crippen molar-refractivity contribution in [2.45, 2.75) is 6.04 Å². The molecular weight excluding hydrogens is 324 g/mol. The Bertz CT molecular complexity index is 975. The zero-order chi connectivity index (χ0) is 16.5. The van der Waals surface area contributed by atoms with Crippen LogP contribution >= 0.6 is 11.6 Å². The number of fused-ring (bicyclic) bond motifs is 1. The van der Waals surface area contributed by atoms with Gasteiger partial charge in [0.05, 0.1) is 12.2 Å². The Morgan fingerprint density at radius 3 is 2.83 bits per heavy atom. The van der Waals surface area contributed by atoms with Crippen molar-refractivity contribution in [2.24, 2.45) is 7.05 Å². The molecule has 0 aliphatic rings. The third-order valence-electron chi connectivity index (χ3n) is 3.88. The number of nitrogens with one attached hydrogen (secondary N) is 2. The summed E-state index contributed by atoms with van der Waals surface area (Å²) in [6, 6.07) is 7.48. The minimum absolute atomic E-state index is 0.129. The van der Waals surface area contributed by atoms with Crippen LogP contribution in [-0.2, 0) is 7.05 Å². The lowest BCUT2D eigenvalue weighted by molar-refractivity contribution is 0.766. The van der Waals surface area contributed by atoms with Gasteiger partial charge < -0.3 is 10.3 Å². The molecule has 0 spiro atoms. The molecule has 4 rings (SSSR count). The van der Waals surface area contributed by atoms with Gasteiger partial charge in [-0.15, -0.1) is 0 Å². The van der Waals surface area contributed by atoms with Crippen molar-refractivity contribution in [1.29, 1.82) is 0 Å². The van der Waals surface area contributed by atoms with E-state index in [1.54, 1.807) is 23.1 Å². The summed E-state index contributed by atoms with van der Waals surface area (Å²) in [4.78, 5) is 11.8. The molecule has 7 heteroatoms. The summed E-state index contributed by atoms with van der Waals surface area (Å²) < 4.78 is 1.78. The van der Waals surface area contributed by atoms with Crippen LogP contribution in [0, 0.1) is 0 Å². The van der Waals surface area contributed by atoms with E-state index >= 15 is 0 Å². The van der Waals surface area contributed by atoms with Crippen LogP contribution in [0.1, 0.15) is 17.2 Å². The molecule has 2 N–H and O–H groups in total. The molecule has 6 nitrogen and oxygen atoms in total. The number of anilines is 1. The topological polar surface area (TPSA) is 71.4 Å². The van der Waals surface area contributed by atoms with Crippen molar-refractivity contribution in [2.75, 3.05) is 5.32 Å². The average molecular weight is 339 g/mol. The van der Waals surface area contributed by atoms with Crippen molar-refractivity contribution < 1.29 is 0 Å². The predicted octanol–water partition coefficient (Wildman–Crippen LogP) is 3.55. The van der Waals surface area contributed by atoms with Crippen LogP contribution in [0.25, 0.3) is 10.9 Å². The third-order valence-corrected chi connectivity index (χ3v) is 4.12. The number of aromatic nitrogens is 5. The molecule has 0 aliphatic carbocycles. The number of halogens is 1.